The van der Waals surface area contributed by atoms with Gasteiger partial charge in [-0.25, -0.2) is 4.39 Å². The van der Waals surface area contributed by atoms with Gasteiger partial charge in [0.1, 0.15) is 10.8 Å². The molecule has 0 amide bonds. The van der Waals surface area contributed by atoms with Gasteiger partial charge in [0.25, 0.3) is 0 Å². The van der Waals surface area contributed by atoms with Crippen LogP contribution in [0.3, 0.4) is 0 Å². The quantitative estimate of drug-likeness (QED) is 0.865. The Morgan fingerprint density at radius 3 is 2.73 bits per heavy atom. The average molecular weight is 231 g/mol. The molecule has 0 bridgehead atoms. The summed E-state index contributed by atoms with van der Waals surface area (Å²) in [5, 5.41) is 9.73. The van der Waals surface area contributed by atoms with Crippen LogP contribution in [0.15, 0.2) is 12.1 Å². The third kappa shape index (κ3) is 1.94. The van der Waals surface area contributed by atoms with E-state index in [4.69, 9.17) is 16.3 Å². The van der Waals surface area contributed by atoms with Gasteiger partial charge >= 0.3 is 0 Å². The molecule has 1 saturated carbocycles. The topological polar surface area (TPSA) is 29.5 Å². The Bertz CT molecular complexity index is 377. The Morgan fingerprint density at radius 1 is 1.53 bits per heavy atom. The van der Waals surface area contributed by atoms with Crippen molar-refractivity contribution in [1.82, 2.24) is 0 Å². The Labute approximate surface area is 92.6 Å². The maximum Gasteiger partial charge on any atom is 0.151 e. The van der Waals surface area contributed by atoms with Crippen LogP contribution in [0.5, 0.6) is 5.75 Å². The van der Waals surface area contributed by atoms with Crippen LogP contribution < -0.4 is 4.74 Å². The molecule has 4 heteroatoms. The first kappa shape index (κ1) is 10.7. The van der Waals surface area contributed by atoms with Gasteiger partial charge in [-0.2, -0.15) is 0 Å². The molecule has 1 aliphatic rings. The van der Waals surface area contributed by atoms with E-state index in [2.05, 4.69) is 0 Å². The van der Waals surface area contributed by atoms with Crippen LogP contribution in [0, 0.1) is 11.7 Å². The highest BCUT2D eigenvalue weighted by atomic mass is 35.5. The average Bonchev–Trinajstić information content (AvgIpc) is 3.04. The van der Waals surface area contributed by atoms with Gasteiger partial charge in [0.2, 0.25) is 0 Å². The zero-order valence-corrected chi connectivity index (χ0v) is 9.09. The van der Waals surface area contributed by atoms with Gasteiger partial charge in [0.15, 0.2) is 5.82 Å². The molecule has 1 unspecified atom stereocenters. The fraction of sp³-hybridized carbons (Fsp3) is 0.455. The minimum Gasteiger partial charge on any atom is -0.495 e. The van der Waals surface area contributed by atoms with E-state index in [0.717, 1.165) is 12.8 Å². The number of ether oxygens (including phenoxy) is 1. The summed E-state index contributed by atoms with van der Waals surface area (Å²) in [5.41, 5.74) is 0.267. The summed E-state index contributed by atoms with van der Waals surface area (Å²) in [4.78, 5) is 0. The minimum absolute atomic E-state index is 0.0605. The van der Waals surface area contributed by atoms with Crippen LogP contribution in [0.4, 0.5) is 4.39 Å². The van der Waals surface area contributed by atoms with Crippen molar-refractivity contribution in [3.05, 3.63) is 28.5 Å². The second-order valence-corrected chi connectivity index (χ2v) is 4.15. The monoisotopic (exact) mass is 230 g/mol. The number of hydrogen-bond acceptors (Lipinski definition) is 2. The molecular weight excluding hydrogens is 219 g/mol. The van der Waals surface area contributed by atoms with Crippen molar-refractivity contribution in [3.8, 4) is 5.75 Å². The van der Waals surface area contributed by atoms with Crippen LogP contribution in [-0.4, -0.2) is 12.2 Å². The second-order valence-electron chi connectivity index (χ2n) is 3.77. The largest absolute Gasteiger partial charge is 0.495 e. The lowest BCUT2D eigenvalue weighted by Crippen LogP contribution is -2.03. The molecule has 2 nitrogen and oxygen atoms in total. The summed E-state index contributed by atoms with van der Waals surface area (Å²) in [6.07, 6.45) is 1.16. The van der Waals surface area contributed by atoms with Gasteiger partial charge in [-0.05, 0) is 30.9 Å². The summed E-state index contributed by atoms with van der Waals surface area (Å²) in [5.74, 6) is -0.0970. The number of hydrogen-bond donors (Lipinski definition) is 1. The summed E-state index contributed by atoms with van der Waals surface area (Å²) in [7, 11) is 1.43. The Morgan fingerprint density at radius 2 is 2.20 bits per heavy atom. The second kappa shape index (κ2) is 3.99. The number of aliphatic hydroxyl groups excluding tert-OH is 1. The number of methoxy groups -OCH3 is 1. The lowest BCUT2D eigenvalue weighted by molar-refractivity contribution is 0.149. The zero-order chi connectivity index (χ0) is 11.0. The molecule has 2 rings (SSSR count). The maximum atomic E-state index is 13.7. The van der Waals surface area contributed by atoms with Gasteiger partial charge in [-0.1, -0.05) is 11.6 Å². The SMILES string of the molecule is COc1ccc(C(O)C2CC2)c(F)c1Cl. The molecule has 0 aliphatic heterocycles. The zero-order valence-electron chi connectivity index (χ0n) is 8.34. The van der Waals surface area contributed by atoms with Crippen LogP contribution in [0.25, 0.3) is 0 Å². The highest BCUT2D eigenvalue weighted by Gasteiger charge is 2.33. The maximum absolute atomic E-state index is 13.7. The molecule has 1 atom stereocenters. The highest BCUT2D eigenvalue weighted by Crippen LogP contribution is 2.43. The van der Waals surface area contributed by atoms with Gasteiger partial charge in [-0.3, -0.25) is 0 Å². The Kier molecular flexibility index (Phi) is 2.85. The fourth-order valence-corrected chi connectivity index (χ4v) is 1.85. The van der Waals surface area contributed by atoms with E-state index in [0.29, 0.717) is 5.75 Å². The number of benzene rings is 1. The molecule has 0 aromatic heterocycles. The summed E-state index contributed by atoms with van der Waals surface area (Å²) in [6.45, 7) is 0. The third-order valence-corrected chi connectivity index (χ3v) is 3.04. The van der Waals surface area contributed by atoms with E-state index < -0.39 is 11.9 Å². The first-order valence-electron chi connectivity index (χ1n) is 4.85. The number of rotatable bonds is 3. The molecule has 1 aliphatic carbocycles. The van der Waals surface area contributed by atoms with Crippen molar-refractivity contribution in [1.29, 1.82) is 0 Å². The molecule has 1 aromatic carbocycles. The molecule has 1 N–H and O–H groups in total. The number of halogens is 2. The molecule has 0 radical (unpaired) electrons. The molecule has 1 aromatic rings. The van der Waals surface area contributed by atoms with Crippen molar-refractivity contribution >= 4 is 11.6 Å². The molecule has 15 heavy (non-hydrogen) atoms. The predicted molar refractivity (Wildman–Crippen MR) is 55.6 cm³/mol. The standard InChI is InChI=1S/C11H12ClFO2/c1-15-8-5-4-7(10(13)9(8)12)11(14)6-2-3-6/h4-6,11,14H,2-3H2,1H3. The molecular formula is C11H12ClFO2. The predicted octanol–water partition coefficient (Wildman–Crippen LogP) is 2.93. The normalized spacial score (nSPS) is 17.6. The highest BCUT2D eigenvalue weighted by molar-refractivity contribution is 6.32. The van der Waals surface area contributed by atoms with Crippen molar-refractivity contribution in [3.63, 3.8) is 0 Å². The summed E-state index contributed by atoms with van der Waals surface area (Å²) < 4.78 is 18.6. The lowest BCUT2D eigenvalue weighted by Gasteiger charge is -2.13. The van der Waals surface area contributed by atoms with E-state index in [1.165, 1.54) is 13.2 Å². The molecule has 82 valence electrons. The van der Waals surface area contributed by atoms with Crippen LogP contribution in [-0.2, 0) is 0 Å². The van der Waals surface area contributed by atoms with E-state index in [-0.39, 0.29) is 16.5 Å². The molecule has 0 heterocycles. The van der Waals surface area contributed by atoms with Crippen LogP contribution in [0.1, 0.15) is 24.5 Å². The van der Waals surface area contributed by atoms with Crippen molar-refractivity contribution in [2.75, 3.05) is 7.11 Å². The lowest BCUT2D eigenvalue weighted by atomic mass is 10.0. The molecule has 0 spiro atoms. The molecule has 0 saturated heterocycles. The number of aliphatic hydroxyl groups is 1. The van der Waals surface area contributed by atoms with E-state index in [1.807, 2.05) is 0 Å². The van der Waals surface area contributed by atoms with Crippen LogP contribution >= 0.6 is 11.6 Å². The van der Waals surface area contributed by atoms with Crippen LogP contribution in [0.2, 0.25) is 5.02 Å². The first-order valence-corrected chi connectivity index (χ1v) is 5.23. The third-order valence-electron chi connectivity index (χ3n) is 2.68. The van der Waals surface area contributed by atoms with E-state index in [1.54, 1.807) is 6.07 Å². The summed E-state index contributed by atoms with van der Waals surface area (Å²) in [6, 6.07) is 3.11. The Balaban J connectivity index is 2.36. The van der Waals surface area contributed by atoms with Gasteiger partial charge < -0.3 is 9.84 Å². The van der Waals surface area contributed by atoms with Gasteiger partial charge in [-0.15, -0.1) is 0 Å². The van der Waals surface area contributed by atoms with Gasteiger partial charge in [0, 0.05) is 5.56 Å². The fourth-order valence-electron chi connectivity index (χ4n) is 1.60. The smallest absolute Gasteiger partial charge is 0.151 e. The van der Waals surface area contributed by atoms with Crippen molar-refractivity contribution in [2.45, 2.75) is 18.9 Å². The van der Waals surface area contributed by atoms with Crippen molar-refractivity contribution in [2.24, 2.45) is 5.92 Å². The van der Waals surface area contributed by atoms with E-state index in [9.17, 15) is 9.50 Å². The molecule has 1 fully saturated rings. The van der Waals surface area contributed by atoms with E-state index >= 15 is 0 Å². The Hall–Kier alpha value is -0.800. The summed E-state index contributed by atoms with van der Waals surface area (Å²) >= 11 is 5.76. The van der Waals surface area contributed by atoms with Gasteiger partial charge in [0.05, 0.1) is 13.2 Å². The van der Waals surface area contributed by atoms with Crippen molar-refractivity contribution < 1.29 is 14.2 Å². The minimum atomic E-state index is -0.742. The first-order chi connectivity index (χ1) is 7.15.